The summed E-state index contributed by atoms with van der Waals surface area (Å²) in [6.45, 7) is 3.18. The van der Waals surface area contributed by atoms with Crippen LogP contribution in [0.4, 0.5) is 24.5 Å². The minimum atomic E-state index is -4.94. The first-order valence-electron chi connectivity index (χ1n) is 9.66. The number of aromatic nitrogens is 1. The Morgan fingerprint density at radius 3 is 2.35 bits per heavy atom. The summed E-state index contributed by atoms with van der Waals surface area (Å²) in [5, 5.41) is 5.72. The molecule has 0 aliphatic carbocycles. The normalized spacial score (nSPS) is 11.7. The highest BCUT2D eigenvalue weighted by Gasteiger charge is 2.35. The second-order valence-corrected chi connectivity index (χ2v) is 8.54. The number of benzene rings is 2. The number of alkyl halides is 3. The average Bonchev–Trinajstić information content (AvgIpc) is 3.20. The van der Waals surface area contributed by atoms with Crippen molar-refractivity contribution in [3.63, 3.8) is 0 Å². The van der Waals surface area contributed by atoms with E-state index in [4.69, 9.17) is 9.26 Å². The number of ether oxygens (including phenoxy) is 1. The van der Waals surface area contributed by atoms with Crippen LogP contribution in [0.3, 0.4) is 0 Å². The Morgan fingerprint density at radius 2 is 1.79 bits per heavy atom. The number of halogens is 3. The molecule has 13 heteroatoms. The summed E-state index contributed by atoms with van der Waals surface area (Å²) in [4.78, 5) is 23.6. The summed E-state index contributed by atoms with van der Waals surface area (Å²) < 4.78 is 77.8. The molecule has 1 heterocycles. The van der Waals surface area contributed by atoms with Crippen molar-refractivity contribution in [2.75, 3.05) is 16.6 Å². The van der Waals surface area contributed by atoms with Gasteiger partial charge in [-0.1, -0.05) is 5.16 Å². The summed E-state index contributed by atoms with van der Waals surface area (Å²) in [7, 11) is -4.44. The summed E-state index contributed by atoms with van der Waals surface area (Å²) in [5.74, 6) is -1.24. The second kappa shape index (κ2) is 9.55. The van der Waals surface area contributed by atoms with Gasteiger partial charge in [-0.3, -0.25) is 9.52 Å². The molecular weight excluding hydrogens is 479 g/mol. The number of nitrogens with zero attached hydrogens (tertiary/aromatic N) is 1. The number of hydrogen-bond donors (Lipinski definition) is 2. The molecule has 0 atom stereocenters. The van der Waals surface area contributed by atoms with Crippen molar-refractivity contribution in [2.45, 2.75) is 24.9 Å². The third-order valence-electron chi connectivity index (χ3n) is 4.50. The molecule has 34 heavy (non-hydrogen) atoms. The van der Waals surface area contributed by atoms with Gasteiger partial charge in [0.25, 0.3) is 15.9 Å². The SMILES string of the molecule is CCOC(=O)c1ccc(S(=O)(=O)Nc2ccc(NC(=O)c3cnoc3C)cc2C(F)(F)F)cc1. The van der Waals surface area contributed by atoms with E-state index < -0.39 is 39.3 Å². The van der Waals surface area contributed by atoms with Crippen LogP contribution in [-0.2, 0) is 20.9 Å². The van der Waals surface area contributed by atoms with Gasteiger partial charge in [0.1, 0.15) is 11.3 Å². The number of anilines is 2. The predicted octanol–water partition coefficient (Wildman–Crippen LogP) is 4.23. The largest absolute Gasteiger partial charge is 0.462 e. The molecule has 0 bridgehead atoms. The van der Waals surface area contributed by atoms with Gasteiger partial charge < -0.3 is 14.6 Å². The molecule has 0 saturated carbocycles. The molecular formula is C21H18F3N3O6S. The summed E-state index contributed by atoms with van der Waals surface area (Å²) in [5.41, 5.74) is -2.18. The molecule has 0 aliphatic heterocycles. The molecule has 0 spiro atoms. The van der Waals surface area contributed by atoms with E-state index in [9.17, 15) is 31.2 Å². The van der Waals surface area contributed by atoms with Crippen LogP contribution in [0.2, 0.25) is 0 Å². The quantitative estimate of drug-likeness (QED) is 0.468. The van der Waals surface area contributed by atoms with E-state index in [2.05, 4.69) is 10.5 Å². The van der Waals surface area contributed by atoms with Gasteiger partial charge in [-0.25, -0.2) is 13.2 Å². The Bertz CT molecular complexity index is 1320. The van der Waals surface area contributed by atoms with Crippen molar-refractivity contribution in [3.05, 3.63) is 71.1 Å². The molecule has 3 aromatic rings. The Balaban J connectivity index is 1.88. The lowest BCUT2D eigenvalue weighted by Gasteiger charge is -2.16. The third kappa shape index (κ3) is 5.54. The smallest absolute Gasteiger partial charge is 0.418 e. The van der Waals surface area contributed by atoms with Gasteiger partial charge in [0.2, 0.25) is 0 Å². The fourth-order valence-electron chi connectivity index (χ4n) is 2.85. The molecule has 2 aromatic carbocycles. The van der Waals surface area contributed by atoms with Crippen molar-refractivity contribution in [3.8, 4) is 0 Å². The van der Waals surface area contributed by atoms with E-state index in [0.717, 1.165) is 30.5 Å². The second-order valence-electron chi connectivity index (χ2n) is 6.86. The number of hydrogen-bond acceptors (Lipinski definition) is 7. The summed E-state index contributed by atoms with van der Waals surface area (Å²) in [6, 6.07) is 7.09. The van der Waals surface area contributed by atoms with Crippen LogP contribution < -0.4 is 10.0 Å². The minimum Gasteiger partial charge on any atom is -0.462 e. The average molecular weight is 497 g/mol. The van der Waals surface area contributed by atoms with Crippen molar-refractivity contribution < 1.29 is 40.4 Å². The van der Waals surface area contributed by atoms with Crippen LogP contribution in [-0.4, -0.2) is 32.1 Å². The monoisotopic (exact) mass is 497 g/mol. The van der Waals surface area contributed by atoms with Crippen LogP contribution in [0.5, 0.6) is 0 Å². The van der Waals surface area contributed by atoms with Gasteiger partial charge >= 0.3 is 12.1 Å². The number of esters is 1. The highest BCUT2D eigenvalue weighted by Crippen LogP contribution is 2.37. The lowest BCUT2D eigenvalue weighted by Crippen LogP contribution is -2.18. The molecule has 9 nitrogen and oxygen atoms in total. The zero-order chi connectivity index (χ0) is 25.1. The van der Waals surface area contributed by atoms with Gasteiger partial charge in [0.15, 0.2) is 0 Å². The molecule has 0 saturated heterocycles. The highest BCUT2D eigenvalue weighted by molar-refractivity contribution is 7.92. The van der Waals surface area contributed by atoms with Gasteiger partial charge in [-0.05, 0) is 56.3 Å². The molecule has 0 fully saturated rings. The first-order valence-corrected chi connectivity index (χ1v) is 11.1. The number of aryl methyl sites for hydroxylation is 1. The number of rotatable bonds is 7. The van der Waals surface area contributed by atoms with E-state index in [-0.39, 0.29) is 34.1 Å². The van der Waals surface area contributed by atoms with Crippen molar-refractivity contribution in [2.24, 2.45) is 0 Å². The van der Waals surface area contributed by atoms with Gasteiger partial charge in [0, 0.05) is 5.69 Å². The Kier molecular flexibility index (Phi) is 6.96. The van der Waals surface area contributed by atoms with Crippen LogP contribution in [0.15, 0.2) is 58.1 Å². The van der Waals surface area contributed by atoms with Gasteiger partial charge in [-0.15, -0.1) is 0 Å². The fraction of sp³-hybridized carbons (Fsp3) is 0.190. The van der Waals surface area contributed by atoms with Crippen LogP contribution >= 0.6 is 0 Å². The standard InChI is InChI=1S/C21H18F3N3O6S/c1-3-32-20(29)13-4-7-15(8-5-13)34(30,31)27-18-9-6-14(10-17(18)21(22,23)24)26-19(28)16-11-25-33-12(16)2/h4-11,27H,3H2,1-2H3,(H,26,28). The lowest BCUT2D eigenvalue weighted by molar-refractivity contribution is -0.136. The molecule has 3 rings (SSSR count). The number of carbonyl (C=O) groups excluding carboxylic acids is 2. The minimum absolute atomic E-state index is 0.0320. The first-order chi connectivity index (χ1) is 15.9. The molecule has 0 radical (unpaired) electrons. The zero-order valence-corrected chi connectivity index (χ0v) is 18.6. The fourth-order valence-corrected chi connectivity index (χ4v) is 3.93. The van der Waals surface area contributed by atoms with Gasteiger partial charge in [0.05, 0.1) is 34.5 Å². The van der Waals surface area contributed by atoms with Crippen molar-refractivity contribution in [1.29, 1.82) is 0 Å². The van der Waals surface area contributed by atoms with E-state index in [1.54, 1.807) is 6.92 Å². The van der Waals surface area contributed by atoms with E-state index in [1.807, 2.05) is 4.72 Å². The molecule has 0 aliphatic rings. The van der Waals surface area contributed by atoms with E-state index >= 15 is 0 Å². The summed E-state index contributed by atoms with van der Waals surface area (Å²) in [6.07, 6.45) is -3.83. The number of carbonyl (C=O) groups is 2. The molecule has 2 N–H and O–H groups in total. The Hall–Kier alpha value is -3.87. The number of amides is 1. The maximum Gasteiger partial charge on any atom is 0.418 e. The molecule has 1 aromatic heterocycles. The lowest BCUT2D eigenvalue weighted by atomic mass is 10.1. The zero-order valence-electron chi connectivity index (χ0n) is 17.8. The maximum absolute atomic E-state index is 13.7. The maximum atomic E-state index is 13.7. The van der Waals surface area contributed by atoms with E-state index in [0.29, 0.717) is 6.07 Å². The van der Waals surface area contributed by atoms with Crippen LogP contribution in [0.25, 0.3) is 0 Å². The van der Waals surface area contributed by atoms with Crippen LogP contribution in [0.1, 0.15) is 39.0 Å². The summed E-state index contributed by atoms with van der Waals surface area (Å²) >= 11 is 0. The van der Waals surface area contributed by atoms with Crippen molar-refractivity contribution >= 4 is 33.3 Å². The van der Waals surface area contributed by atoms with Crippen LogP contribution in [0, 0.1) is 6.92 Å². The molecule has 0 unspecified atom stereocenters. The third-order valence-corrected chi connectivity index (χ3v) is 5.88. The highest BCUT2D eigenvalue weighted by atomic mass is 32.2. The Morgan fingerprint density at radius 1 is 1.12 bits per heavy atom. The molecule has 180 valence electrons. The first kappa shape index (κ1) is 24.8. The number of nitrogens with one attached hydrogen (secondary N) is 2. The number of sulfonamides is 1. The van der Waals surface area contributed by atoms with Gasteiger partial charge in [-0.2, -0.15) is 13.2 Å². The van der Waals surface area contributed by atoms with Crippen molar-refractivity contribution in [1.82, 2.24) is 5.16 Å². The topological polar surface area (TPSA) is 128 Å². The molecule has 1 amide bonds. The predicted molar refractivity (Wildman–Crippen MR) is 114 cm³/mol. The van der Waals surface area contributed by atoms with E-state index in [1.165, 1.54) is 19.1 Å². The Labute approximate surface area is 191 Å².